The van der Waals surface area contributed by atoms with Crippen molar-refractivity contribution in [1.82, 2.24) is 9.78 Å². The van der Waals surface area contributed by atoms with Gasteiger partial charge in [-0.3, -0.25) is 4.68 Å². The van der Waals surface area contributed by atoms with Crippen molar-refractivity contribution in [1.29, 1.82) is 0 Å². The highest BCUT2D eigenvalue weighted by Gasteiger charge is 2.15. The van der Waals surface area contributed by atoms with Crippen LogP contribution in [0.4, 0.5) is 0 Å². The molecule has 1 aromatic carbocycles. The van der Waals surface area contributed by atoms with Crippen molar-refractivity contribution in [2.24, 2.45) is 7.05 Å². The molecule has 0 radical (unpaired) electrons. The zero-order valence-corrected chi connectivity index (χ0v) is 9.64. The van der Waals surface area contributed by atoms with Crippen LogP contribution in [0.5, 0.6) is 5.75 Å². The molecule has 0 atom stereocenters. The smallest absolute Gasteiger partial charge is 0.164 e. The first-order chi connectivity index (χ1) is 7.74. The van der Waals surface area contributed by atoms with Crippen LogP contribution in [-0.4, -0.2) is 14.9 Å². The average Bonchev–Trinajstić information content (AvgIpc) is 2.59. The Labute approximate surface area is 95.3 Å². The summed E-state index contributed by atoms with van der Waals surface area (Å²) in [7, 11) is 1.87. The van der Waals surface area contributed by atoms with Gasteiger partial charge in [0, 0.05) is 12.6 Å². The van der Waals surface area contributed by atoms with Crippen molar-refractivity contribution in [2.45, 2.75) is 19.8 Å². The highest BCUT2D eigenvalue weighted by atomic mass is 16.3. The molecule has 0 saturated carbocycles. The van der Waals surface area contributed by atoms with Gasteiger partial charge in [-0.05, 0) is 6.42 Å². The molecule has 16 heavy (non-hydrogen) atoms. The first kappa shape index (κ1) is 10.7. The Kier molecular flexibility index (Phi) is 2.95. The number of hydrogen-bond donors (Lipinski definition) is 1. The molecule has 0 aliphatic rings. The predicted octanol–water partition coefficient (Wildman–Crippen LogP) is 2.75. The number of benzene rings is 1. The Morgan fingerprint density at radius 1 is 1.25 bits per heavy atom. The van der Waals surface area contributed by atoms with Gasteiger partial charge in [0.05, 0.1) is 5.69 Å². The van der Waals surface area contributed by atoms with Crippen molar-refractivity contribution >= 4 is 0 Å². The van der Waals surface area contributed by atoms with E-state index in [-0.39, 0.29) is 0 Å². The predicted molar refractivity (Wildman–Crippen MR) is 64.3 cm³/mol. The van der Waals surface area contributed by atoms with Crippen LogP contribution in [0.2, 0.25) is 0 Å². The number of nitrogens with zero attached hydrogens (tertiary/aromatic N) is 2. The van der Waals surface area contributed by atoms with Gasteiger partial charge in [-0.2, -0.15) is 5.10 Å². The first-order valence-electron chi connectivity index (χ1n) is 5.54. The summed E-state index contributed by atoms with van der Waals surface area (Å²) in [4.78, 5) is 0. The third-order valence-electron chi connectivity index (χ3n) is 2.67. The molecule has 84 valence electrons. The second kappa shape index (κ2) is 4.39. The van der Waals surface area contributed by atoms with E-state index in [1.54, 1.807) is 4.68 Å². The van der Waals surface area contributed by atoms with Gasteiger partial charge in [0.15, 0.2) is 5.75 Å². The van der Waals surface area contributed by atoms with E-state index in [9.17, 15) is 5.11 Å². The van der Waals surface area contributed by atoms with Crippen molar-refractivity contribution in [2.75, 3.05) is 0 Å². The molecule has 0 saturated heterocycles. The van der Waals surface area contributed by atoms with Crippen molar-refractivity contribution < 1.29 is 5.11 Å². The minimum atomic E-state index is 0.315. The Morgan fingerprint density at radius 2 is 1.94 bits per heavy atom. The van der Waals surface area contributed by atoms with E-state index in [2.05, 4.69) is 12.0 Å². The van der Waals surface area contributed by atoms with Crippen LogP contribution in [0.15, 0.2) is 30.3 Å². The minimum absolute atomic E-state index is 0.315. The summed E-state index contributed by atoms with van der Waals surface area (Å²) < 4.78 is 1.77. The second-order valence-corrected chi connectivity index (χ2v) is 3.88. The molecule has 0 aliphatic heterocycles. The van der Waals surface area contributed by atoms with E-state index < -0.39 is 0 Å². The van der Waals surface area contributed by atoms with Crippen LogP contribution >= 0.6 is 0 Å². The molecule has 0 unspecified atom stereocenters. The van der Waals surface area contributed by atoms with E-state index >= 15 is 0 Å². The van der Waals surface area contributed by atoms with Crippen molar-refractivity contribution in [3.05, 3.63) is 36.0 Å². The number of aromatic nitrogens is 2. The highest BCUT2D eigenvalue weighted by molar-refractivity contribution is 5.66. The molecule has 3 heteroatoms. The average molecular weight is 216 g/mol. The van der Waals surface area contributed by atoms with Crippen LogP contribution in [0.3, 0.4) is 0 Å². The molecule has 0 aliphatic carbocycles. The molecule has 2 aromatic rings. The summed E-state index contributed by atoms with van der Waals surface area (Å²) in [6, 6.07) is 9.76. The van der Waals surface area contributed by atoms with Gasteiger partial charge in [0.2, 0.25) is 0 Å². The fourth-order valence-corrected chi connectivity index (χ4v) is 1.86. The lowest BCUT2D eigenvalue weighted by Crippen LogP contribution is -1.97. The highest BCUT2D eigenvalue weighted by Crippen LogP contribution is 2.31. The summed E-state index contributed by atoms with van der Waals surface area (Å²) in [5.41, 5.74) is 2.53. The van der Waals surface area contributed by atoms with Crippen LogP contribution in [0.1, 0.15) is 19.0 Å². The molecule has 0 spiro atoms. The summed E-state index contributed by atoms with van der Waals surface area (Å²) in [6.07, 6.45) is 1.85. The maximum absolute atomic E-state index is 10.1. The Bertz CT molecular complexity index is 474. The number of rotatable bonds is 3. The van der Waals surface area contributed by atoms with E-state index in [1.807, 2.05) is 37.4 Å². The minimum Gasteiger partial charge on any atom is -0.504 e. The molecule has 1 heterocycles. The van der Waals surface area contributed by atoms with E-state index in [1.165, 1.54) is 0 Å². The zero-order valence-electron chi connectivity index (χ0n) is 9.64. The largest absolute Gasteiger partial charge is 0.504 e. The van der Waals surface area contributed by atoms with Crippen LogP contribution < -0.4 is 0 Å². The molecule has 0 amide bonds. The van der Waals surface area contributed by atoms with E-state index in [0.717, 1.165) is 24.1 Å². The fraction of sp³-hybridized carbons (Fsp3) is 0.308. The van der Waals surface area contributed by atoms with Crippen molar-refractivity contribution in [3.63, 3.8) is 0 Å². The second-order valence-electron chi connectivity index (χ2n) is 3.88. The maximum atomic E-state index is 10.1. The lowest BCUT2D eigenvalue weighted by atomic mass is 10.1. The summed E-state index contributed by atoms with van der Waals surface area (Å²) in [5, 5.41) is 14.5. The SMILES string of the molecule is CCCc1c(O)c(-c2ccccc2)nn1C. The monoisotopic (exact) mass is 216 g/mol. The number of hydrogen-bond acceptors (Lipinski definition) is 2. The molecule has 0 bridgehead atoms. The quantitative estimate of drug-likeness (QED) is 0.856. The standard InChI is InChI=1S/C13H16N2O/c1-3-7-11-13(16)12(14-15(11)2)10-8-5-4-6-9-10/h4-6,8-9,16H,3,7H2,1-2H3. The van der Waals surface area contributed by atoms with Crippen LogP contribution in [-0.2, 0) is 13.5 Å². The zero-order chi connectivity index (χ0) is 11.5. The summed E-state index contributed by atoms with van der Waals surface area (Å²) in [5.74, 6) is 0.315. The number of aryl methyl sites for hydroxylation is 1. The fourth-order valence-electron chi connectivity index (χ4n) is 1.86. The number of aromatic hydroxyl groups is 1. The molecular weight excluding hydrogens is 200 g/mol. The third-order valence-corrected chi connectivity index (χ3v) is 2.67. The van der Waals surface area contributed by atoms with Gasteiger partial charge in [-0.25, -0.2) is 0 Å². The molecule has 1 N–H and O–H groups in total. The van der Waals surface area contributed by atoms with Gasteiger partial charge < -0.3 is 5.11 Å². The van der Waals surface area contributed by atoms with Crippen molar-refractivity contribution in [3.8, 4) is 17.0 Å². The lowest BCUT2D eigenvalue weighted by molar-refractivity contribution is 0.466. The first-order valence-corrected chi connectivity index (χ1v) is 5.54. The van der Waals surface area contributed by atoms with Gasteiger partial charge in [0.1, 0.15) is 5.69 Å². The topological polar surface area (TPSA) is 38.1 Å². The maximum Gasteiger partial charge on any atom is 0.164 e. The Morgan fingerprint density at radius 3 is 2.56 bits per heavy atom. The molecule has 3 nitrogen and oxygen atoms in total. The van der Waals surface area contributed by atoms with E-state index in [4.69, 9.17) is 0 Å². The summed E-state index contributed by atoms with van der Waals surface area (Å²) >= 11 is 0. The Hall–Kier alpha value is -1.77. The van der Waals surface area contributed by atoms with Gasteiger partial charge in [-0.15, -0.1) is 0 Å². The molecule has 0 fully saturated rings. The molecule has 1 aromatic heterocycles. The van der Waals surface area contributed by atoms with Gasteiger partial charge >= 0.3 is 0 Å². The normalized spacial score (nSPS) is 10.6. The van der Waals surface area contributed by atoms with Crippen LogP contribution in [0.25, 0.3) is 11.3 Å². The van der Waals surface area contributed by atoms with E-state index in [0.29, 0.717) is 11.4 Å². The third kappa shape index (κ3) is 1.81. The molecular formula is C13H16N2O. The Balaban J connectivity index is 2.47. The van der Waals surface area contributed by atoms with Gasteiger partial charge in [0.25, 0.3) is 0 Å². The lowest BCUT2D eigenvalue weighted by Gasteiger charge is -1.99. The van der Waals surface area contributed by atoms with Crippen LogP contribution in [0, 0.1) is 0 Å². The van der Waals surface area contributed by atoms with Gasteiger partial charge in [-0.1, -0.05) is 43.7 Å². The molecule has 2 rings (SSSR count). The summed E-state index contributed by atoms with van der Waals surface area (Å²) in [6.45, 7) is 2.09.